The van der Waals surface area contributed by atoms with Crippen LogP contribution >= 0.6 is 34.7 Å². The predicted molar refractivity (Wildman–Crippen MR) is 413 cm³/mol. The van der Waals surface area contributed by atoms with Gasteiger partial charge in [0, 0.05) is 105 Å². The molecule has 5 aromatic carbocycles. The maximum atomic E-state index is 14.4. The number of rotatable bonds is 31. The lowest BCUT2D eigenvalue weighted by molar-refractivity contribution is -0.144. The lowest BCUT2D eigenvalue weighted by atomic mass is 9.71. The lowest BCUT2D eigenvalue weighted by Gasteiger charge is -2.40. The largest absolute Gasteiger partial charge is 0.501 e. The van der Waals surface area contributed by atoms with Gasteiger partial charge in [-0.25, -0.2) is 26.5 Å². The number of aliphatic hydroxyl groups is 1. The van der Waals surface area contributed by atoms with E-state index in [4.69, 9.17) is 25.8 Å². The zero-order chi connectivity index (χ0) is 77.8. The van der Waals surface area contributed by atoms with Gasteiger partial charge in [0.1, 0.15) is 29.3 Å². The highest BCUT2D eigenvalue weighted by atomic mass is 35.5. The monoisotopic (exact) mass is 1600 g/mol. The van der Waals surface area contributed by atoms with Gasteiger partial charge in [0.05, 0.1) is 78.0 Å². The van der Waals surface area contributed by atoms with Gasteiger partial charge in [0.15, 0.2) is 0 Å². The number of β-amino-alcohol motifs (C(OH)–C–C–N with tert-alkyl or cyclic N) is 1. The molecule has 5 heterocycles. The second-order valence-corrected chi connectivity index (χ2v) is 35.5. The Morgan fingerprint density at radius 3 is 2.23 bits per heavy atom. The standard InChI is InChI=1S/C77H94ClF3N12O12S4/c1-51(53-12-14-55(15-13-53)70-52(2)82-50-107-70)83-73(97)67-40-62(94)45-93(67)74(98)71(75(3,4)5)85-69(95)47-105-39-38-104-46-60-44-92(88-86-60)49-76(6)28-26-65(54-16-20-58(78)21-17-54)57(42-76)43-90-30-32-91(33-31-90)61-22-18-56(19-23-61)72(96)87-109(101,102)64-24-25-66(68(41-64)108(99,100)77(79,80)81)84-59(27-29-89-34-36-103-37-35-89)48-106-63-10-8-7-9-11-63/h7-25,41,44,50-51,59,62,67,71,84,94H,26-40,42-43,45-49H2,1-6H3,(H,83,97)(H,85,95)(H,87,96)/t51-,59+,62+,67-,71+,76?/m0/s1. The maximum absolute atomic E-state index is 14.4. The summed E-state index contributed by atoms with van der Waals surface area (Å²) in [6.45, 7) is 18.3. The summed E-state index contributed by atoms with van der Waals surface area (Å²) in [7, 11) is -11.0. The molecule has 3 saturated heterocycles. The van der Waals surface area contributed by atoms with Gasteiger partial charge in [-0.05, 0) is 139 Å². The van der Waals surface area contributed by atoms with Gasteiger partial charge in [-0.1, -0.05) is 105 Å². The van der Waals surface area contributed by atoms with Crippen molar-refractivity contribution >= 4 is 95.1 Å². The van der Waals surface area contributed by atoms with Crippen molar-refractivity contribution in [1.82, 2.24) is 50.0 Å². The summed E-state index contributed by atoms with van der Waals surface area (Å²) in [5.74, 6) is -2.15. The van der Waals surface area contributed by atoms with Crippen molar-refractivity contribution < 1.29 is 68.5 Å². The number of nitrogens with zero attached hydrogens (tertiary/aromatic N) is 8. The minimum atomic E-state index is -6.12. The Balaban J connectivity index is 0.642. The van der Waals surface area contributed by atoms with E-state index in [9.17, 15) is 54.3 Å². The smallest absolute Gasteiger partial charge is 0.391 e. The second-order valence-electron chi connectivity index (χ2n) is 29.5. The molecule has 0 radical (unpaired) electrons. The summed E-state index contributed by atoms with van der Waals surface area (Å²) < 4.78 is 118. The molecule has 11 rings (SSSR count). The Bertz CT molecular complexity index is 4560. The predicted octanol–water partition coefficient (Wildman–Crippen LogP) is 10.4. The molecule has 4 amide bonds. The Kier molecular flexibility index (Phi) is 27.2. The molecule has 3 aliphatic heterocycles. The number of likely N-dealkylation sites (tertiary alicyclic amines) is 1. The van der Waals surface area contributed by atoms with Gasteiger partial charge in [0.2, 0.25) is 17.7 Å². The van der Waals surface area contributed by atoms with Gasteiger partial charge >= 0.3 is 5.51 Å². The zero-order valence-electron chi connectivity index (χ0n) is 61.8. The summed E-state index contributed by atoms with van der Waals surface area (Å²) >= 11 is 9.36. The molecule has 3 fully saturated rings. The average molecular weight is 1600 g/mol. The SMILES string of the molecule is Cc1ncsc1-c1ccc([C@H](C)NC(=O)[C@@H]2C[C@@H](O)CN2C(=O)[C@@H](NC(=O)COCCOCc2cn(CC3(C)CCC(c4ccc(Cl)cc4)=C(CN4CCN(c5ccc(C(=O)NS(=O)(=O)c6ccc(N[C@H](CCN7CCOCC7)CSc7ccccc7)c(S(=O)(=O)C(F)(F)F)c6)cc5)CC4)C3)nn2)C(C)(C)C)cc1. The van der Waals surface area contributed by atoms with Crippen molar-refractivity contribution in [2.45, 2.75) is 137 Å². The lowest BCUT2D eigenvalue weighted by Crippen LogP contribution is -2.58. The van der Waals surface area contributed by atoms with Crippen LogP contribution < -0.4 is 25.6 Å². The molecule has 32 heteroatoms. The number of ether oxygens (including phenoxy) is 3. The number of carbonyl (C=O) groups excluding carboxylic acids is 4. The molecule has 1 aliphatic carbocycles. The molecule has 0 spiro atoms. The second kappa shape index (κ2) is 36.1. The van der Waals surface area contributed by atoms with Crippen molar-refractivity contribution in [1.29, 1.82) is 0 Å². The van der Waals surface area contributed by atoms with Crippen molar-refractivity contribution in [3.63, 3.8) is 0 Å². The highest BCUT2D eigenvalue weighted by molar-refractivity contribution is 7.99. The number of hydrogen-bond donors (Lipinski definition) is 5. The first kappa shape index (κ1) is 82.1. The Morgan fingerprint density at radius 1 is 0.853 bits per heavy atom. The van der Waals surface area contributed by atoms with Crippen LogP contribution in [0.3, 0.4) is 0 Å². The van der Waals surface area contributed by atoms with Crippen LogP contribution in [-0.2, 0) is 61.6 Å². The number of sulfone groups is 1. The van der Waals surface area contributed by atoms with Crippen LogP contribution in [0.4, 0.5) is 24.5 Å². The maximum Gasteiger partial charge on any atom is 0.501 e. The number of hydrogen-bond acceptors (Lipinski definition) is 21. The number of allylic oxidation sites excluding steroid dienone is 1. The minimum absolute atomic E-state index is 0.0521. The average Bonchev–Trinajstić information content (AvgIpc) is 1.45. The number of morpholine rings is 1. The molecule has 24 nitrogen and oxygen atoms in total. The Hall–Kier alpha value is -7.82. The highest BCUT2D eigenvalue weighted by Gasteiger charge is 2.49. The number of alkyl halides is 3. The number of thioether (sulfide) groups is 1. The highest BCUT2D eigenvalue weighted by Crippen LogP contribution is 2.45. The third kappa shape index (κ3) is 21.7. The van der Waals surface area contributed by atoms with Crippen LogP contribution in [0.2, 0.25) is 5.02 Å². The van der Waals surface area contributed by atoms with Gasteiger partial charge in [-0.2, -0.15) is 13.2 Å². The van der Waals surface area contributed by atoms with Gasteiger partial charge in [-0.3, -0.25) is 33.7 Å². The third-order valence-electron chi connectivity index (χ3n) is 20.1. The Labute approximate surface area is 647 Å². The van der Waals surface area contributed by atoms with Gasteiger partial charge in [0.25, 0.3) is 25.8 Å². The number of thiazole rings is 1. The number of aliphatic hydroxyl groups excluding tert-OH is 1. The van der Waals surface area contributed by atoms with E-state index in [-0.39, 0.29) is 50.4 Å². The summed E-state index contributed by atoms with van der Waals surface area (Å²) in [6.07, 6.45) is 3.87. The first-order valence-electron chi connectivity index (χ1n) is 36.3. The molecule has 5 N–H and O–H groups in total. The van der Waals surface area contributed by atoms with Crippen LogP contribution in [0.15, 0.2) is 153 Å². The first-order valence-corrected chi connectivity index (χ1v) is 41.5. The summed E-state index contributed by atoms with van der Waals surface area (Å²) in [6, 6.07) is 30.8. The van der Waals surface area contributed by atoms with E-state index in [0.29, 0.717) is 101 Å². The molecule has 1 unspecified atom stereocenters. The molecule has 0 bridgehead atoms. The number of aromatic nitrogens is 4. The van der Waals surface area contributed by atoms with E-state index < -0.39 is 100 Å². The van der Waals surface area contributed by atoms with Crippen LogP contribution in [0, 0.1) is 17.8 Å². The van der Waals surface area contributed by atoms with Crippen molar-refractivity contribution in [2.75, 3.05) is 108 Å². The van der Waals surface area contributed by atoms with E-state index >= 15 is 0 Å². The zero-order valence-corrected chi connectivity index (χ0v) is 65.8. The number of sulfonamides is 1. The van der Waals surface area contributed by atoms with Crippen molar-refractivity contribution in [2.24, 2.45) is 10.8 Å². The van der Waals surface area contributed by atoms with Crippen LogP contribution in [0.5, 0.6) is 0 Å². The van der Waals surface area contributed by atoms with E-state index in [1.54, 1.807) is 29.0 Å². The van der Waals surface area contributed by atoms with Crippen molar-refractivity contribution in [3.05, 3.63) is 172 Å². The van der Waals surface area contributed by atoms with Crippen LogP contribution in [-0.4, -0.2) is 208 Å². The summed E-state index contributed by atoms with van der Waals surface area (Å²) in [5, 5.41) is 29.1. The number of halogens is 4. The fourth-order valence-corrected chi connectivity index (χ4v) is 18.0. The number of amides is 4. The summed E-state index contributed by atoms with van der Waals surface area (Å²) in [4.78, 5) is 67.3. The molecule has 6 atom stereocenters. The number of benzene rings is 5. The first-order chi connectivity index (χ1) is 51.9. The normalized spacial score (nSPS) is 19.3. The fourth-order valence-electron chi connectivity index (χ4n) is 14.1. The Morgan fingerprint density at radius 2 is 1.55 bits per heavy atom. The summed E-state index contributed by atoms with van der Waals surface area (Å²) in [5.41, 5.74) is 2.45. The molecule has 0 saturated carbocycles. The number of aryl methyl sites for hydroxylation is 1. The van der Waals surface area contributed by atoms with E-state index in [0.717, 1.165) is 69.2 Å². The quantitative estimate of drug-likeness (QED) is 0.0199. The molecule has 2 aromatic heterocycles. The number of carbonyl (C=O) groups is 4. The molecular weight excluding hydrogens is 1510 g/mol. The molecule has 109 heavy (non-hydrogen) atoms. The molecule has 4 aliphatic rings. The van der Waals surface area contributed by atoms with E-state index in [1.807, 2.05) is 117 Å². The third-order valence-corrected chi connectivity index (χ3v) is 25.4. The van der Waals surface area contributed by atoms with E-state index in [2.05, 4.69) is 65.0 Å². The number of piperazine rings is 1. The van der Waals surface area contributed by atoms with Crippen molar-refractivity contribution in [3.8, 4) is 10.4 Å². The topological polar surface area (TPSA) is 289 Å². The molecule has 586 valence electrons. The molecule has 7 aromatic rings. The number of nitrogens with one attached hydrogen (secondary N) is 4. The number of anilines is 2. The van der Waals surface area contributed by atoms with Crippen LogP contribution in [0.1, 0.15) is 106 Å². The fraction of sp³-hybridized carbons (Fsp3) is 0.468. The van der Waals surface area contributed by atoms with Crippen LogP contribution in [0.25, 0.3) is 16.0 Å². The molecular formula is C77H94ClF3N12O12S4. The van der Waals surface area contributed by atoms with E-state index in [1.165, 1.54) is 39.9 Å². The van der Waals surface area contributed by atoms with Gasteiger partial charge < -0.3 is 45.1 Å². The minimum Gasteiger partial charge on any atom is -0.391 e. The van der Waals surface area contributed by atoms with Gasteiger partial charge in [-0.15, -0.1) is 28.2 Å².